The molecule has 0 spiro atoms. The molecule has 0 saturated heterocycles. The van der Waals surface area contributed by atoms with Gasteiger partial charge in [-0.2, -0.15) is 0 Å². The summed E-state index contributed by atoms with van der Waals surface area (Å²) < 4.78 is 0. The Morgan fingerprint density at radius 1 is 0.416 bits per heavy atom. The summed E-state index contributed by atoms with van der Waals surface area (Å²) in [6, 6.07) is 22.6. The lowest BCUT2D eigenvalue weighted by molar-refractivity contribution is -0.139. The fraction of sp³-hybridized carbons (Fsp3) is 0.362. The van der Waals surface area contributed by atoms with E-state index in [2.05, 4.69) is 6.58 Å². The molecular formula is C58H82N4O15. The van der Waals surface area contributed by atoms with E-state index in [9.17, 15) is 52.7 Å². The highest BCUT2D eigenvalue weighted by Gasteiger charge is 2.21. The molecular weight excluding hydrogens is 993 g/mol. The maximum Gasteiger partial charge on any atom is 0.320 e. The average molecular weight is 1080 g/mol. The fourth-order valence-corrected chi connectivity index (χ4v) is 5.82. The van der Waals surface area contributed by atoms with Gasteiger partial charge in [0.1, 0.15) is 24.2 Å². The van der Waals surface area contributed by atoms with E-state index in [0.29, 0.717) is 27.8 Å². The number of aliphatic carboxylic acids is 4. The lowest BCUT2D eigenvalue weighted by atomic mass is 9.97. The fourth-order valence-electron chi connectivity index (χ4n) is 5.82. The molecule has 0 unspecified atom stereocenters. The number of carbonyl (C=O) groups excluding carboxylic acids is 7. The minimum Gasteiger partial charge on any atom is -0.480 e. The molecule has 0 aliphatic rings. The predicted octanol–water partition coefficient (Wildman–Crippen LogP) is 6.62. The van der Waals surface area contributed by atoms with Crippen molar-refractivity contribution in [2.24, 2.45) is 28.9 Å². The summed E-state index contributed by atoms with van der Waals surface area (Å²) >= 11 is 0. The Labute approximate surface area is 453 Å². The molecule has 4 aromatic carbocycles. The molecule has 0 saturated carbocycles. The first-order valence-corrected chi connectivity index (χ1v) is 22.3. The largest absolute Gasteiger partial charge is 0.480 e. The van der Waals surface area contributed by atoms with E-state index in [1.165, 1.54) is 38.1 Å². The van der Waals surface area contributed by atoms with Gasteiger partial charge in [-0.15, -0.1) is 0 Å². The van der Waals surface area contributed by atoms with E-state index in [0.717, 1.165) is 22.3 Å². The van der Waals surface area contributed by atoms with Crippen LogP contribution in [0.5, 0.6) is 0 Å². The van der Waals surface area contributed by atoms with Crippen LogP contribution in [0.3, 0.4) is 0 Å². The van der Waals surface area contributed by atoms with Gasteiger partial charge in [0.25, 0.3) is 0 Å². The van der Waals surface area contributed by atoms with Crippen LogP contribution in [-0.2, 0) is 75.3 Å². The van der Waals surface area contributed by atoms with Gasteiger partial charge in [0.05, 0.1) is 0 Å². The van der Waals surface area contributed by atoms with Gasteiger partial charge < -0.3 is 43.4 Å². The van der Waals surface area contributed by atoms with Crippen molar-refractivity contribution in [1.82, 2.24) is 0 Å². The molecule has 0 aliphatic carbocycles. The van der Waals surface area contributed by atoms with E-state index >= 15 is 0 Å². The molecule has 4 aromatic rings. The first kappa shape index (κ1) is 77.9. The average Bonchev–Trinajstić information content (AvgIpc) is 3.34. The van der Waals surface area contributed by atoms with Crippen molar-refractivity contribution in [1.29, 1.82) is 0 Å². The van der Waals surface area contributed by atoms with Crippen molar-refractivity contribution in [3.63, 3.8) is 0 Å². The highest BCUT2D eigenvalue weighted by atomic mass is 16.4. The highest BCUT2D eigenvalue weighted by Crippen LogP contribution is 2.16. The normalized spacial score (nSPS) is 11.2. The number of ketones is 7. The number of hydrogen-bond acceptors (Lipinski definition) is 15. The summed E-state index contributed by atoms with van der Waals surface area (Å²) in [5.74, 6) is -7.47. The van der Waals surface area contributed by atoms with Crippen molar-refractivity contribution in [2.75, 3.05) is 0 Å². The number of hydrogen-bond donors (Lipinski definition) is 8. The van der Waals surface area contributed by atoms with Gasteiger partial charge in [-0.05, 0) is 66.0 Å². The molecule has 0 radical (unpaired) electrons. The molecule has 0 fully saturated rings. The van der Waals surface area contributed by atoms with Crippen LogP contribution in [0.25, 0.3) is 5.57 Å². The molecule has 0 aliphatic heterocycles. The van der Waals surface area contributed by atoms with Crippen molar-refractivity contribution >= 4 is 69.9 Å². The third-order valence-corrected chi connectivity index (χ3v) is 10.4. The van der Waals surface area contributed by atoms with Crippen LogP contribution in [0.2, 0.25) is 0 Å². The van der Waals surface area contributed by atoms with E-state index in [-0.39, 0.29) is 87.4 Å². The van der Waals surface area contributed by atoms with E-state index in [1.54, 1.807) is 93.6 Å². The molecule has 424 valence electrons. The lowest BCUT2D eigenvalue weighted by Gasteiger charge is -2.07. The van der Waals surface area contributed by atoms with Crippen LogP contribution in [0, 0.1) is 5.92 Å². The Bertz CT molecular complexity index is 2590. The summed E-state index contributed by atoms with van der Waals surface area (Å²) in [5.41, 5.74) is 27.2. The zero-order valence-corrected chi connectivity index (χ0v) is 40.7. The van der Waals surface area contributed by atoms with Gasteiger partial charge in [0.2, 0.25) is 28.9 Å². The number of carbonyl (C=O) groups is 11. The topological polar surface area (TPSA) is 373 Å². The number of carboxylic acid groups (broad SMARTS) is 4. The number of Topliss-reactive ketones (excluding diaryl/α,β-unsaturated/α-hetero) is 7. The monoisotopic (exact) mass is 1070 g/mol. The third-order valence-electron chi connectivity index (χ3n) is 10.4. The number of benzene rings is 4. The molecule has 12 N–H and O–H groups in total. The molecule has 77 heavy (non-hydrogen) atoms. The number of allylic oxidation sites excluding steroid dienone is 1. The van der Waals surface area contributed by atoms with Gasteiger partial charge in [0, 0.05) is 42.4 Å². The van der Waals surface area contributed by atoms with Gasteiger partial charge in [0.15, 0.2) is 11.6 Å². The minimum absolute atomic E-state index is 0. The Morgan fingerprint density at radius 2 is 0.675 bits per heavy atom. The SMILES string of the molecule is C.C.C.C.C.C=C(C(C)=O)c1ccc(C[C@H](N)C(=O)O)cc1.CC(=O)C(=O)Cc1ccc(C[C@H](N)C(=O)O)cc1.CC(C)C(=O)C(=O)c1ccc(C[C@H](N)C(=O)O)cc1.CCC(=O)C(=O)c1ccc(C[C@H](N)C(=O)O)cc1. The second kappa shape index (κ2) is 38.6. The zero-order chi connectivity index (χ0) is 55.0. The smallest absolute Gasteiger partial charge is 0.320 e. The Balaban J connectivity index is -0.000000293. The number of carboxylic acids is 4. The van der Waals surface area contributed by atoms with Crippen LogP contribution in [0.15, 0.2) is 104 Å². The highest BCUT2D eigenvalue weighted by molar-refractivity contribution is 6.44. The summed E-state index contributed by atoms with van der Waals surface area (Å²) in [6.07, 6.45) is 1.11. The second-order valence-corrected chi connectivity index (χ2v) is 16.6. The van der Waals surface area contributed by atoms with Crippen molar-refractivity contribution in [3.8, 4) is 0 Å². The zero-order valence-electron chi connectivity index (χ0n) is 40.7. The first-order chi connectivity index (χ1) is 33.6. The molecule has 4 atom stereocenters. The van der Waals surface area contributed by atoms with Crippen molar-refractivity contribution < 1.29 is 73.2 Å². The number of rotatable bonds is 23. The maximum absolute atomic E-state index is 11.8. The molecule has 19 nitrogen and oxygen atoms in total. The molecule has 0 bridgehead atoms. The maximum atomic E-state index is 11.8. The Hall–Kier alpha value is -7.97. The molecule has 19 heteroatoms. The molecule has 0 amide bonds. The van der Waals surface area contributed by atoms with E-state index in [4.69, 9.17) is 43.4 Å². The van der Waals surface area contributed by atoms with Gasteiger partial charge in [-0.25, -0.2) is 0 Å². The lowest BCUT2D eigenvalue weighted by Crippen LogP contribution is -2.32. The van der Waals surface area contributed by atoms with Gasteiger partial charge >= 0.3 is 23.9 Å². The summed E-state index contributed by atoms with van der Waals surface area (Å²) in [7, 11) is 0. The van der Waals surface area contributed by atoms with Crippen LogP contribution < -0.4 is 22.9 Å². The van der Waals surface area contributed by atoms with Crippen LogP contribution >= 0.6 is 0 Å². The molecule has 4 rings (SSSR count). The Morgan fingerprint density at radius 3 is 0.922 bits per heavy atom. The second-order valence-electron chi connectivity index (χ2n) is 16.6. The predicted molar refractivity (Wildman–Crippen MR) is 300 cm³/mol. The minimum atomic E-state index is -1.07. The third kappa shape index (κ3) is 28.5. The summed E-state index contributed by atoms with van der Waals surface area (Å²) in [4.78, 5) is 122. The quantitative estimate of drug-likeness (QED) is 0.0220. The van der Waals surface area contributed by atoms with Crippen LogP contribution in [-0.4, -0.2) is 109 Å². The van der Waals surface area contributed by atoms with Crippen molar-refractivity contribution in [2.45, 2.75) is 134 Å². The summed E-state index contributed by atoms with van der Waals surface area (Å²) in [6.45, 7) is 11.3. The van der Waals surface area contributed by atoms with Crippen molar-refractivity contribution in [3.05, 3.63) is 148 Å². The van der Waals surface area contributed by atoms with E-state index in [1.807, 2.05) is 0 Å². The first-order valence-electron chi connectivity index (χ1n) is 22.3. The van der Waals surface area contributed by atoms with Crippen LogP contribution in [0.1, 0.15) is 132 Å². The van der Waals surface area contributed by atoms with Gasteiger partial charge in [-0.3, -0.25) is 52.7 Å². The molecule has 0 heterocycles. The molecule has 0 aromatic heterocycles. The Kier molecular flexibility index (Phi) is 39.0. The summed E-state index contributed by atoms with van der Waals surface area (Å²) in [5, 5.41) is 34.7. The number of nitrogens with two attached hydrogens (primary N) is 4. The van der Waals surface area contributed by atoms with Gasteiger partial charge in [-0.1, -0.05) is 162 Å². The standard InChI is InChI=1S/C14H17NO4.2C13H15NO4.C13H15NO3.5CH4/c1-8(2)12(16)13(17)10-5-3-9(4-6-10)7-11(15)14(18)19;1-8(15)12(16)7-10-4-2-9(3-5-10)6-11(14)13(17)18;1-2-11(15)12(16)9-5-3-8(4-6-9)7-10(14)13(17)18;1-8(9(2)15)11-5-3-10(4-6-11)7-12(14)13(16)17;;;;;/h3-6,8,11H,7,15H2,1-2H3,(H,18,19);2-5,11H,6-7,14H2,1H3,(H,17,18);3-6,10H,2,7,14H2,1H3,(H,17,18);3-6,12H,1,7,14H2,2H3,(H,16,17);5*1H4/t2*11-;10-;12-;;;;;/m0000...../s1. The van der Waals surface area contributed by atoms with E-state index < -0.39 is 82.7 Å². The van der Waals surface area contributed by atoms with Crippen LogP contribution in [0.4, 0.5) is 0 Å².